The maximum atomic E-state index is 11.0. The van der Waals surface area contributed by atoms with Crippen LogP contribution in [0.4, 0.5) is 0 Å². The summed E-state index contributed by atoms with van der Waals surface area (Å²) in [6, 6.07) is 16.1. The van der Waals surface area contributed by atoms with Gasteiger partial charge in [-0.15, -0.1) is 0 Å². The molecular formula is C23H25NO5. The molecule has 3 N–H and O–H groups in total. The standard InChI is InChI=1S/C15H12O2.C8H13NO3/c16-15(17)9-14-12-7-3-1-5-10(12)11-6-2-4-8-13(11)14;1-2-3-6-9-7(10)4-5-8(11)12/h1-8,14H,9H2,(H,16,17);4-5H,2-3,6H2,1H3,(H,9,10)(H,11,12)/b;5-4-. The second-order valence-electron chi connectivity index (χ2n) is 6.64. The van der Waals surface area contributed by atoms with Crippen LogP contribution in [0.3, 0.4) is 0 Å². The number of carboxylic acid groups (broad SMARTS) is 2. The van der Waals surface area contributed by atoms with Crippen molar-refractivity contribution in [3.63, 3.8) is 0 Å². The van der Waals surface area contributed by atoms with Gasteiger partial charge in [0.1, 0.15) is 0 Å². The van der Waals surface area contributed by atoms with Crippen molar-refractivity contribution in [1.29, 1.82) is 0 Å². The number of carbonyl (C=O) groups is 3. The van der Waals surface area contributed by atoms with E-state index in [-0.39, 0.29) is 18.2 Å². The molecule has 6 nitrogen and oxygen atoms in total. The Kier molecular flexibility index (Phi) is 8.15. The van der Waals surface area contributed by atoms with Gasteiger partial charge in [-0.3, -0.25) is 9.59 Å². The molecule has 0 saturated carbocycles. The number of fused-ring (bicyclic) bond motifs is 3. The number of aliphatic carboxylic acids is 2. The maximum absolute atomic E-state index is 11.0. The first-order valence-corrected chi connectivity index (χ1v) is 9.52. The number of rotatable bonds is 7. The molecule has 1 aliphatic rings. The highest BCUT2D eigenvalue weighted by Gasteiger charge is 2.29. The van der Waals surface area contributed by atoms with Crippen LogP contribution in [-0.4, -0.2) is 34.6 Å². The summed E-state index contributed by atoms with van der Waals surface area (Å²) in [4.78, 5) is 31.7. The number of carbonyl (C=O) groups excluding carboxylic acids is 1. The first-order valence-electron chi connectivity index (χ1n) is 9.52. The van der Waals surface area contributed by atoms with Crippen LogP contribution >= 0.6 is 0 Å². The maximum Gasteiger partial charge on any atom is 0.328 e. The average Bonchev–Trinajstić information content (AvgIpc) is 3.01. The fourth-order valence-electron chi connectivity index (χ4n) is 3.25. The molecule has 0 saturated heterocycles. The molecule has 0 bridgehead atoms. The number of nitrogens with one attached hydrogen (secondary N) is 1. The van der Waals surface area contributed by atoms with Gasteiger partial charge in [0.2, 0.25) is 5.91 Å². The Labute approximate surface area is 169 Å². The molecule has 1 amide bonds. The van der Waals surface area contributed by atoms with Crippen molar-refractivity contribution in [2.24, 2.45) is 0 Å². The molecule has 0 spiro atoms. The van der Waals surface area contributed by atoms with Gasteiger partial charge in [-0.1, -0.05) is 61.9 Å². The molecule has 0 radical (unpaired) electrons. The van der Waals surface area contributed by atoms with E-state index in [1.54, 1.807) is 0 Å². The normalized spacial score (nSPS) is 11.9. The SMILES string of the molecule is CCCCNC(=O)/C=C\C(=O)O.O=C(O)CC1c2ccccc2-c2ccccc21. The number of unbranched alkanes of at least 4 members (excludes halogenated alkanes) is 1. The van der Waals surface area contributed by atoms with E-state index in [1.807, 2.05) is 43.3 Å². The summed E-state index contributed by atoms with van der Waals surface area (Å²) in [7, 11) is 0. The number of carboxylic acids is 2. The van der Waals surface area contributed by atoms with Crippen molar-refractivity contribution in [2.45, 2.75) is 32.1 Å². The average molecular weight is 395 g/mol. The molecule has 0 aliphatic heterocycles. The van der Waals surface area contributed by atoms with Crippen LogP contribution in [0, 0.1) is 0 Å². The Morgan fingerprint density at radius 1 is 0.931 bits per heavy atom. The minimum absolute atomic E-state index is 0.0000926. The highest BCUT2D eigenvalue weighted by Crippen LogP contribution is 2.45. The smallest absolute Gasteiger partial charge is 0.328 e. The molecule has 0 fully saturated rings. The minimum atomic E-state index is -1.11. The van der Waals surface area contributed by atoms with E-state index in [2.05, 4.69) is 17.4 Å². The Bertz CT molecular complexity index is 858. The number of amides is 1. The van der Waals surface area contributed by atoms with Crippen molar-refractivity contribution in [3.8, 4) is 11.1 Å². The third kappa shape index (κ3) is 6.31. The van der Waals surface area contributed by atoms with Crippen molar-refractivity contribution in [1.82, 2.24) is 5.32 Å². The van der Waals surface area contributed by atoms with Gasteiger partial charge in [0.15, 0.2) is 0 Å². The second kappa shape index (κ2) is 10.8. The van der Waals surface area contributed by atoms with Crippen molar-refractivity contribution < 1.29 is 24.6 Å². The van der Waals surface area contributed by atoms with E-state index >= 15 is 0 Å². The molecule has 152 valence electrons. The Morgan fingerprint density at radius 2 is 1.48 bits per heavy atom. The largest absolute Gasteiger partial charge is 0.481 e. The summed E-state index contributed by atoms with van der Waals surface area (Å²) < 4.78 is 0. The highest BCUT2D eigenvalue weighted by molar-refractivity contribution is 5.93. The zero-order valence-electron chi connectivity index (χ0n) is 16.3. The molecule has 29 heavy (non-hydrogen) atoms. The molecule has 2 aromatic carbocycles. The fourth-order valence-corrected chi connectivity index (χ4v) is 3.25. The predicted molar refractivity (Wildman–Crippen MR) is 111 cm³/mol. The summed E-state index contributed by atoms with van der Waals surface area (Å²) in [5, 5.41) is 19.7. The zero-order chi connectivity index (χ0) is 21.2. The van der Waals surface area contributed by atoms with E-state index in [9.17, 15) is 14.4 Å². The lowest BCUT2D eigenvalue weighted by Crippen LogP contribution is -2.22. The van der Waals surface area contributed by atoms with E-state index < -0.39 is 11.9 Å². The fraction of sp³-hybridized carbons (Fsp3) is 0.261. The summed E-state index contributed by atoms with van der Waals surface area (Å²) in [5.74, 6) is -2.21. The number of hydrogen-bond donors (Lipinski definition) is 3. The topological polar surface area (TPSA) is 104 Å². The van der Waals surface area contributed by atoms with Crippen LogP contribution in [-0.2, 0) is 14.4 Å². The van der Waals surface area contributed by atoms with Crippen LogP contribution < -0.4 is 5.32 Å². The second-order valence-corrected chi connectivity index (χ2v) is 6.64. The monoisotopic (exact) mass is 395 g/mol. The van der Waals surface area contributed by atoms with Crippen molar-refractivity contribution in [2.75, 3.05) is 6.54 Å². The third-order valence-corrected chi connectivity index (χ3v) is 4.55. The van der Waals surface area contributed by atoms with Crippen LogP contribution in [0.1, 0.15) is 43.2 Å². The first-order chi connectivity index (χ1) is 13.9. The summed E-state index contributed by atoms with van der Waals surface area (Å²) >= 11 is 0. The van der Waals surface area contributed by atoms with E-state index in [0.717, 1.165) is 36.1 Å². The Hall–Kier alpha value is -3.41. The quantitative estimate of drug-likeness (QED) is 0.488. The van der Waals surface area contributed by atoms with Gasteiger partial charge in [0.25, 0.3) is 0 Å². The Morgan fingerprint density at radius 3 is 1.97 bits per heavy atom. The molecule has 0 atom stereocenters. The summed E-state index contributed by atoms with van der Waals surface area (Å²) in [6.45, 7) is 2.61. The molecular weight excluding hydrogens is 370 g/mol. The molecule has 0 aromatic heterocycles. The molecule has 1 aliphatic carbocycles. The first kappa shape index (κ1) is 21.9. The van der Waals surface area contributed by atoms with E-state index in [1.165, 1.54) is 11.1 Å². The van der Waals surface area contributed by atoms with Gasteiger partial charge < -0.3 is 15.5 Å². The van der Waals surface area contributed by atoms with Gasteiger partial charge >= 0.3 is 11.9 Å². The number of hydrogen-bond acceptors (Lipinski definition) is 3. The number of benzene rings is 2. The molecule has 0 unspecified atom stereocenters. The van der Waals surface area contributed by atoms with Gasteiger partial charge in [-0.25, -0.2) is 4.79 Å². The Balaban J connectivity index is 0.000000223. The van der Waals surface area contributed by atoms with Gasteiger partial charge in [0.05, 0.1) is 6.42 Å². The van der Waals surface area contributed by atoms with Crippen LogP contribution in [0.5, 0.6) is 0 Å². The molecule has 6 heteroatoms. The van der Waals surface area contributed by atoms with E-state index in [4.69, 9.17) is 10.2 Å². The van der Waals surface area contributed by atoms with Crippen LogP contribution in [0.25, 0.3) is 11.1 Å². The lowest BCUT2D eigenvalue weighted by Gasteiger charge is -2.10. The van der Waals surface area contributed by atoms with Crippen LogP contribution in [0.2, 0.25) is 0 Å². The molecule has 0 heterocycles. The predicted octanol–water partition coefficient (Wildman–Crippen LogP) is 3.82. The van der Waals surface area contributed by atoms with Crippen LogP contribution in [0.15, 0.2) is 60.7 Å². The molecule has 3 rings (SSSR count). The van der Waals surface area contributed by atoms with Crippen molar-refractivity contribution in [3.05, 3.63) is 71.8 Å². The van der Waals surface area contributed by atoms with Gasteiger partial charge in [-0.2, -0.15) is 0 Å². The van der Waals surface area contributed by atoms with Gasteiger partial charge in [-0.05, 0) is 28.7 Å². The molecule has 2 aromatic rings. The minimum Gasteiger partial charge on any atom is -0.481 e. The highest BCUT2D eigenvalue weighted by atomic mass is 16.4. The lowest BCUT2D eigenvalue weighted by atomic mass is 9.94. The van der Waals surface area contributed by atoms with Crippen molar-refractivity contribution >= 4 is 17.8 Å². The van der Waals surface area contributed by atoms with Gasteiger partial charge in [0, 0.05) is 24.6 Å². The zero-order valence-corrected chi connectivity index (χ0v) is 16.3. The summed E-state index contributed by atoms with van der Waals surface area (Å²) in [5.41, 5.74) is 4.62. The third-order valence-electron chi connectivity index (χ3n) is 4.55. The van der Waals surface area contributed by atoms with E-state index in [0.29, 0.717) is 6.54 Å². The summed E-state index contributed by atoms with van der Waals surface area (Å²) in [6.07, 6.45) is 3.91. The lowest BCUT2D eigenvalue weighted by molar-refractivity contribution is -0.137.